The zero-order valence-corrected chi connectivity index (χ0v) is 10.1. The van der Waals surface area contributed by atoms with Gasteiger partial charge in [-0.25, -0.2) is 4.98 Å². The summed E-state index contributed by atoms with van der Waals surface area (Å²) in [6.45, 7) is 1.85. The molecule has 2 rings (SSSR count). The van der Waals surface area contributed by atoms with E-state index in [1.807, 2.05) is 43.3 Å². The summed E-state index contributed by atoms with van der Waals surface area (Å²) in [5, 5.41) is 12.4. The molecule has 4 heteroatoms. The Morgan fingerprint density at radius 1 is 1.39 bits per heavy atom. The van der Waals surface area contributed by atoms with E-state index in [1.165, 1.54) is 0 Å². The minimum absolute atomic E-state index is 0.311. The van der Waals surface area contributed by atoms with Gasteiger partial charge in [0, 0.05) is 5.39 Å². The number of nitriles is 1. The van der Waals surface area contributed by atoms with Gasteiger partial charge in [0.25, 0.3) is 5.91 Å². The molecule has 18 heavy (non-hydrogen) atoms. The molecule has 1 N–H and O–H groups in total. The van der Waals surface area contributed by atoms with Crippen molar-refractivity contribution in [1.82, 2.24) is 10.3 Å². The van der Waals surface area contributed by atoms with E-state index in [0.29, 0.717) is 12.1 Å². The lowest BCUT2D eigenvalue weighted by molar-refractivity contribution is 0.0940. The smallest absolute Gasteiger partial charge is 0.270 e. The van der Waals surface area contributed by atoms with Crippen LogP contribution in [-0.4, -0.2) is 16.9 Å². The molecule has 1 amide bonds. The van der Waals surface area contributed by atoms with Crippen LogP contribution in [0.2, 0.25) is 0 Å². The van der Waals surface area contributed by atoms with Gasteiger partial charge in [-0.15, -0.1) is 0 Å². The number of amides is 1. The first-order valence-electron chi connectivity index (χ1n) is 5.81. The molecule has 0 fully saturated rings. The van der Waals surface area contributed by atoms with E-state index < -0.39 is 6.04 Å². The second-order valence-corrected chi connectivity index (χ2v) is 3.95. The second kappa shape index (κ2) is 5.28. The fraction of sp³-hybridized carbons (Fsp3) is 0.214. The number of rotatable bonds is 3. The van der Waals surface area contributed by atoms with Gasteiger partial charge in [-0.05, 0) is 18.6 Å². The van der Waals surface area contributed by atoms with Gasteiger partial charge in [-0.3, -0.25) is 4.79 Å². The first kappa shape index (κ1) is 12.1. The van der Waals surface area contributed by atoms with Crippen molar-refractivity contribution in [3.63, 3.8) is 0 Å². The highest BCUT2D eigenvalue weighted by molar-refractivity contribution is 5.95. The summed E-state index contributed by atoms with van der Waals surface area (Å²) in [5.41, 5.74) is 1.11. The number of fused-ring (bicyclic) bond motifs is 1. The summed E-state index contributed by atoms with van der Waals surface area (Å²) in [6.07, 6.45) is 0.579. The molecule has 0 spiro atoms. The zero-order chi connectivity index (χ0) is 13.0. The predicted molar refractivity (Wildman–Crippen MR) is 68.9 cm³/mol. The van der Waals surface area contributed by atoms with Crippen molar-refractivity contribution in [2.45, 2.75) is 19.4 Å². The van der Waals surface area contributed by atoms with Crippen LogP contribution in [0.1, 0.15) is 23.8 Å². The maximum Gasteiger partial charge on any atom is 0.270 e. The van der Waals surface area contributed by atoms with Crippen molar-refractivity contribution >= 4 is 16.8 Å². The van der Waals surface area contributed by atoms with Crippen molar-refractivity contribution in [1.29, 1.82) is 5.26 Å². The zero-order valence-electron chi connectivity index (χ0n) is 10.1. The van der Waals surface area contributed by atoms with Gasteiger partial charge in [0.15, 0.2) is 0 Å². The van der Waals surface area contributed by atoms with Gasteiger partial charge in [-0.2, -0.15) is 5.26 Å². The Morgan fingerprint density at radius 2 is 2.17 bits per heavy atom. The largest absolute Gasteiger partial charge is 0.335 e. The molecule has 0 aliphatic carbocycles. The Morgan fingerprint density at radius 3 is 2.89 bits per heavy atom. The highest BCUT2D eigenvalue weighted by Gasteiger charge is 2.12. The van der Waals surface area contributed by atoms with Crippen LogP contribution in [0.5, 0.6) is 0 Å². The molecule has 2 aromatic rings. The van der Waals surface area contributed by atoms with E-state index in [1.54, 1.807) is 6.07 Å². The fourth-order valence-corrected chi connectivity index (χ4v) is 1.65. The minimum atomic E-state index is -0.467. The molecule has 0 bridgehead atoms. The van der Waals surface area contributed by atoms with Crippen LogP contribution in [0.3, 0.4) is 0 Å². The van der Waals surface area contributed by atoms with Gasteiger partial charge in [-0.1, -0.05) is 31.2 Å². The van der Waals surface area contributed by atoms with Crippen LogP contribution in [0, 0.1) is 11.3 Å². The summed E-state index contributed by atoms with van der Waals surface area (Å²) in [7, 11) is 0. The Labute approximate surface area is 105 Å². The summed E-state index contributed by atoms with van der Waals surface area (Å²) in [4.78, 5) is 16.2. The molecule has 4 nitrogen and oxygen atoms in total. The Kier molecular flexibility index (Phi) is 3.54. The molecule has 1 atom stereocenters. The molecule has 90 valence electrons. The van der Waals surface area contributed by atoms with Crippen molar-refractivity contribution in [3.8, 4) is 6.07 Å². The first-order chi connectivity index (χ1) is 8.74. The van der Waals surface area contributed by atoms with Crippen LogP contribution >= 0.6 is 0 Å². The third kappa shape index (κ3) is 2.46. The molecule has 1 heterocycles. The summed E-state index contributed by atoms with van der Waals surface area (Å²) in [6, 6.07) is 12.7. The molecular formula is C14H13N3O. The molecule has 1 aromatic carbocycles. The summed E-state index contributed by atoms with van der Waals surface area (Å²) in [5.74, 6) is -0.311. The lowest BCUT2D eigenvalue weighted by Gasteiger charge is -2.08. The third-order valence-electron chi connectivity index (χ3n) is 2.70. The van der Waals surface area contributed by atoms with Gasteiger partial charge in [0.05, 0.1) is 11.6 Å². The molecule has 1 aromatic heterocycles. The van der Waals surface area contributed by atoms with Crippen LogP contribution in [0.4, 0.5) is 0 Å². The normalized spacial score (nSPS) is 11.8. The number of aromatic nitrogens is 1. The molecule has 0 saturated carbocycles. The second-order valence-electron chi connectivity index (χ2n) is 3.95. The van der Waals surface area contributed by atoms with E-state index >= 15 is 0 Å². The van der Waals surface area contributed by atoms with Crippen LogP contribution in [0.15, 0.2) is 36.4 Å². The number of hydrogen-bond acceptors (Lipinski definition) is 3. The number of carbonyl (C=O) groups excluding carboxylic acids is 1. The molecule has 0 radical (unpaired) electrons. The van der Waals surface area contributed by atoms with Crippen LogP contribution in [0.25, 0.3) is 10.9 Å². The number of nitrogens with zero attached hydrogens (tertiary/aromatic N) is 2. The fourth-order valence-electron chi connectivity index (χ4n) is 1.65. The van der Waals surface area contributed by atoms with E-state index in [2.05, 4.69) is 10.3 Å². The molecule has 0 aliphatic rings. The predicted octanol–water partition coefficient (Wildman–Crippen LogP) is 2.27. The molecule has 1 unspecified atom stereocenters. The van der Waals surface area contributed by atoms with E-state index in [9.17, 15) is 4.79 Å². The molecule has 0 aliphatic heterocycles. The lowest BCUT2D eigenvalue weighted by Crippen LogP contribution is -2.33. The quantitative estimate of drug-likeness (QED) is 0.893. The first-order valence-corrected chi connectivity index (χ1v) is 5.81. The average molecular weight is 239 g/mol. The van der Waals surface area contributed by atoms with Crippen molar-refractivity contribution in [2.24, 2.45) is 0 Å². The van der Waals surface area contributed by atoms with E-state index in [-0.39, 0.29) is 5.91 Å². The monoisotopic (exact) mass is 239 g/mol. The third-order valence-corrected chi connectivity index (χ3v) is 2.70. The SMILES string of the molecule is CCC(C#N)NC(=O)c1ccc2ccccc2n1. The van der Waals surface area contributed by atoms with E-state index in [0.717, 1.165) is 10.9 Å². The van der Waals surface area contributed by atoms with Gasteiger partial charge >= 0.3 is 0 Å². The number of pyridine rings is 1. The lowest BCUT2D eigenvalue weighted by atomic mass is 10.2. The average Bonchev–Trinajstić information content (AvgIpc) is 2.44. The van der Waals surface area contributed by atoms with Crippen molar-refractivity contribution < 1.29 is 4.79 Å². The van der Waals surface area contributed by atoms with E-state index in [4.69, 9.17) is 5.26 Å². The Balaban J connectivity index is 2.26. The number of para-hydroxylation sites is 1. The highest BCUT2D eigenvalue weighted by atomic mass is 16.1. The van der Waals surface area contributed by atoms with Gasteiger partial charge < -0.3 is 5.32 Å². The van der Waals surface area contributed by atoms with Gasteiger partial charge in [0.2, 0.25) is 0 Å². The number of nitrogens with one attached hydrogen (secondary N) is 1. The van der Waals surface area contributed by atoms with Crippen molar-refractivity contribution in [3.05, 3.63) is 42.1 Å². The topological polar surface area (TPSA) is 65.8 Å². The minimum Gasteiger partial charge on any atom is -0.335 e. The number of hydrogen-bond donors (Lipinski definition) is 1. The standard InChI is InChI=1S/C14H13N3O/c1-2-11(9-15)16-14(18)13-8-7-10-5-3-4-6-12(10)17-13/h3-8,11H,2H2,1H3,(H,16,18). The maximum absolute atomic E-state index is 11.9. The summed E-state index contributed by atoms with van der Waals surface area (Å²) >= 11 is 0. The summed E-state index contributed by atoms with van der Waals surface area (Å²) < 4.78 is 0. The molecular weight excluding hydrogens is 226 g/mol. The van der Waals surface area contributed by atoms with Crippen molar-refractivity contribution in [2.75, 3.05) is 0 Å². The molecule has 0 saturated heterocycles. The maximum atomic E-state index is 11.9. The number of benzene rings is 1. The van der Waals surface area contributed by atoms with Crippen LogP contribution in [-0.2, 0) is 0 Å². The number of carbonyl (C=O) groups is 1. The highest BCUT2D eigenvalue weighted by Crippen LogP contribution is 2.11. The Bertz CT molecular complexity index is 616. The van der Waals surface area contributed by atoms with Crippen LogP contribution < -0.4 is 5.32 Å². The van der Waals surface area contributed by atoms with Gasteiger partial charge in [0.1, 0.15) is 11.7 Å². The Hall–Kier alpha value is -2.41.